The van der Waals surface area contributed by atoms with E-state index in [1.807, 2.05) is 12.1 Å². The van der Waals surface area contributed by atoms with Gasteiger partial charge in [0, 0.05) is 6.04 Å². The molecule has 0 fully saturated rings. The van der Waals surface area contributed by atoms with Crippen LogP contribution in [0.25, 0.3) is 0 Å². The first-order valence-corrected chi connectivity index (χ1v) is 7.67. The molecule has 1 aromatic rings. The Labute approximate surface area is 118 Å². The molecule has 1 unspecified atom stereocenters. The first kappa shape index (κ1) is 16.0. The first-order valence-electron chi connectivity index (χ1n) is 7.67. The van der Waals surface area contributed by atoms with Crippen molar-refractivity contribution in [2.75, 3.05) is 7.11 Å². The van der Waals surface area contributed by atoms with E-state index < -0.39 is 0 Å². The van der Waals surface area contributed by atoms with Crippen molar-refractivity contribution in [1.29, 1.82) is 0 Å². The van der Waals surface area contributed by atoms with Gasteiger partial charge in [-0.3, -0.25) is 0 Å². The standard InChI is InChI=1S/C17H29NO/c1-3-4-5-6-7-8-9-10-17(18)15-11-13-16(19-2)14-12-15/h11-14,17H,3-10,18H2,1-2H3. The Morgan fingerprint density at radius 2 is 1.53 bits per heavy atom. The SMILES string of the molecule is CCCCCCCCCC(N)c1ccc(OC)cc1. The van der Waals surface area contributed by atoms with Gasteiger partial charge in [-0.05, 0) is 24.1 Å². The fourth-order valence-electron chi connectivity index (χ4n) is 2.34. The maximum absolute atomic E-state index is 6.21. The molecule has 0 spiro atoms. The van der Waals surface area contributed by atoms with Gasteiger partial charge in [0.25, 0.3) is 0 Å². The van der Waals surface area contributed by atoms with Gasteiger partial charge in [0.05, 0.1) is 7.11 Å². The molecule has 0 amide bonds. The molecule has 108 valence electrons. The molecule has 0 bridgehead atoms. The number of unbranched alkanes of at least 4 members (excludes halogenated alkanes) is 6. The zero-order valence-electron chi connectivity index (χ0n) is 12.5. The molecule has 2 N–H and O–H groups in total. The van der Waals surface area contributed by atoms with Gasteiger partial charge in [-0.1, -0.05) is 64.0 Å². The van der Waals surface area contributed by atoms with Gasteiger partial charge in [0.2, 0.25) is 0 Å². The Hall–Kier alpha value is -1.02. The zero-order valence-corrected chi connectivity index (χ0v) is 12.5. The number of benzene rings is 1. The molecule has 19 heavy (non-hydrogen) atoms. The minimum atomic E-state index is 0.168. The predicted molar refractivity (Wildman–Crippen MR) is 82.5 cm³/mol. The summed E-state index contributed by atoms with van der Waals surface area (Å²) in [6.45, 7) is 2.26. The third-order valence-electron chi connectivity index (χ3n) is 3.66. The Morgan fingerprint density at radius 3 is 2.11 bits per heavy atom. The summed E-state index contributed by atoms with van der Waals surface area (Å²) in [6, 6.07) is 8.29. The molecular weight excluding hydrogens is 234 g/mol. The summed E-state index contributed by atoms with van der Waals surface area (Å²) in [5.41, 5.74) is 7.42. The van der Waals surface area contributed by atoms with Crippen molar-refractivity contribution in [3.63, 3.8) is 0 Å². The lowest BCUT2D eigenvalue weighted by molar-refractivity contribution is 0.414. The molecule has 0 aliphatic heterocycles. The smallest absolute Gasteiger partial charge is 0.118 e. The molecule has 2 nitrogen and oxygen atoms in total. The minimum absolute atomic E-state index is 0.168. The van der Waals surface area contributed by atoms with E-state index >= 15 is 0 Å². The second-order valence-electron chi connectivity index (χ2n) is 5.29. The summed E-state index contributed by atoms with van der Waals surface area (Å²) in [5.74, 6) is 0.895. The maximum Gasteiger partial charge on any atom is 0.118 e. The molecule has 0 aromatic heterocycles. The van der Waals surface area contributed by atoms with Crippen LogP contribution in [0.15, 0.2) is 24.3 Å². The normalized spacial score (nSPS) is 12.4. The van der Waals surface area contributed by atoms with Crippen LogP contribution in [0.4, 0.5) is 0 Å². The molecule has 0 heterocycles. The van der Waals surface area contributed by atoms with Crippen LogP contribution in [0.3, 0.4) is 0 Å². The molecule has 0 radical (unpaired) electrons. The van der Waals surface area contributed by atoms with Crippen LogP contribution in [-0.2, 0) is 0 Å². The van der Waals surface area contributed by atoms with E-state index in [1.54, 1.807) is 7.11 Å². The highest BCUT2D eigenvalue weighted by Crippen LogP contribution is 2.20. The van der Waals surface area contributed by atoms with Crippen LogP contribution in [0.1, 0.15) is 69.9 Å². The number of hydrogen-bond donors (Lipinski definition) is 1. The van der Waals surface area contributed by atoms with Crippen LogP contribution in [0, 0.1) is 0 Å². The van der Waals surface area contributed by atoms with E-state index in [1.165, 1.54) is 50.5 Å². The third-order valence-corrected chi connectivity index (χ3v) is 3.66. The van der Waals surface area contributed by atoms with Crippen LogP contribution in [-0.4, -0.2) is 7.11 Å². The summed E-state index contributed by atoms with van der Waals surface area (Å²) < 4.78 is 5.15. The quantitative estimate of drug-likeness (QED) is 0.613. The van der Waals surface area contributed by atoms with Crippen molar-refractivity contribution in [3.8, 4) is 5.75 Å². The highest BCUT2D eigenvalue weighted by atomic mass is 16.5. The molecule has 2 heteroatoms. The largest absolute Gasteiger partial charge is 0.497 e. The molecular formula is C17H29NO. The van der Waals surface area contributed by atoms with Gasteiger partial charge in [0.15, 0.2) is 0 Å². The van der Waals surface area contributed by atoms with Gasteiger partial charge in [0.1, 0.15) is 5.75 Å². The van der Waals surface area contributed by atoms with Gasteiger partial charge in [-0.25, -0.2) is 0 Å². The zero-order chi connectivity index (χ0) is 13.9. The van der Waals surface area contributed by atoms with Gasteiger partial charge in [-0.15, -0.1) is 0 Å². The van der Waals surface area contributed by atoms with Gasteiger partial charge in [-0.2, -0.15) is 0 Å². The first-order chi connectivity index (χ1) is 9.27. The summed E-state index contributed by atoms with van der Waals surface area (Å²) in [7, 11) is 1.69. The Morgan fingerprint density at radius 1 is 0.947 bits per heavy atom. The Balaban J connectivity index is 2.14. The van der Waals surface area contributed by atoms with Crippen LogP contribution >= 0.6 is 0 Å². The average Bonchev–Trinajstić information content (AvgIpc) is 2.46. The Bertz CT molecular complexity index is 321. The fraction of sp³-hybridized carbons (Fsp3) is 0.647. The summed E-state index contributed by atoms with van der Waals surface area (Å²) in [6.07, 6.45) is 10.5. The summed E-state index contributed by atoms with van der Waals surface area (Å²) in [5, 5.41) is 0. The van der Waals surface area contributed by atoms with Crippen molar-refractivity contribution in [2.45, 2.75) is 64.3 Å². The van der Waals surface area contributed by atoms with E-state index in [9.17, 15) is 0 Å². The topological polar surface area (TPSA) is 35.2 Å². The van der Waals surface area contributed by atoms with Crippen molar-refractivity contribution in [3.05, 3.63) is 29.8 Å². The molecule has 0 aliphatic carbocycles. The molecule has 0 saturated carbocycles. The predicted octanol–water partition coefficient (Wildman–Crippen LogP) is 4.84. The summed E-state index contributed by atoms with van der Waals surface area (Å²) >= 11 is 0. The molecule has 0 aliphatic rings. The van der Waals surface area contributed by atoms with Crippen molar-refractivity contribution >= 4 is 0 Å². The van der Waals surface area contributed by atoms with E-state index in [0.29, 0.717) is 0 Å². The lowest BCUT2D eigenvalue weighted by Gasteiger charge is -2.12. The fourth-order valence-corrected chi connectivity index (χ4v) is 2.34. The van der Waals surface area contributed by atoms with E-state index in [4.69, 9.17) is 10.5 Å². The lowest BCUT2D eigenvalue weighted by Crippen LogP contribution is -2.09. The van der Waals surface area contributed by atoms with Crippen molar-refractivity contribution in [2.24, 2.45) is 5.73 Å². The van der Waals surface area contributed by atoms with Crippen molar-refractivity contribution in [1.82, 2.24) is 0 Å². The highest BCUT2D eigenvalue weighted by molar-refractivity contribution is 5.28. The molecule has 1 atom stereocenters. The van der Waals surface area contributed by atoms with Crippen LogP contribution in [0.2, 0.25) is 0 Å². The number of methoxy groups -OCH3 is 1. The second-order valence-corrected chi connectivity index (χ2v) is 5.29. The van der Waals surface area contributed by atoms with Crippen LogP contribution in [0.5, 0.6) is 5.75 Å². The average molecular weight is 263 g/mol. The number of hydrogen-bond acceptors (Lipinski definition) is 2. The van der Waals surface area contributed by atoms with Gasteiger partial charge < -0.3 is 10.5 Å². The maximum atomic E-state index is 6.21. The van der Waals surface area contributed by atoms with E-state index in [2.05, 4.69) is 19.1 Å². The monoisotopic (exact) mass is 263 g/mol. The lowest BCUT2D eigenvalue weighted by atomic mass is 10.0. The van der Waals surface area contributed by atoms with E-state index in [0.717, 1.165) is 12.2 Å². The van der Waals surface area contributed by atoms with Gasteiger partial charge >= 0.3 is 0 Å². The molecule has 0 saturated heterocycles. The Kier molecular flexibility index (Phi) is 8.31. The number of ether oxygens (including phenoxy) is 1. The number of rotatable bonds is 10. The van der Waals surface area contributed by atoms with E-state index in [-0.39, 0.29) is 6.04 Å². The number of nitrogens with two attached hydrogens (primary N) is 1. The highest BCUT2D eigenvalue weighted by Gasteiger charge is 2.05. The molecule has 1 aromatic carbocycles. The molecule has 1 rings (SSSR count). The minimum Gasteiger partial charge on any atom is -0.497 e. The van der Waals surface area contributed by atoms with Crippen LogP contribution < -0.4 is 10.5 Å². The summed E-state index contributed by atoms with van der Waals surface area (Å²) in [4.78, 5) is 0. The second kappa shape index (κ2) is 9.85. The third kappa shape index (κ3) is 6.63. The van der Waals surface area contributed by atoms with Crippen molar-refractivity contribution < 1.29 is 4.74 Å².